The molecule has 0 spiro atoms. The summed E-state index contributed by atoms with van der Waals surface area (Å²) in [7, 11) is 0. The Balaban J connectivity index is 1.35. The third-order valence-electron chi connectivity index (χ3n) is 5.47. The van der Waals surface area contributed by atoms with E-state index in [4.69, 9.17) is 4.98 Å². The molecule has 3 heterocycles. The highest BCUT2D eigenvalue weighted by atomic mass is 16.1. The minimum Gasteiger partial charge on any atom is -0.328 e. The molecule has 1 N–H and O–H groups in total. The average Bonchev–Trinajstić information content (AvgIpc) is 3.23. The summed E-state index contributed by atoms with van der Waals surface area (Å²) >= 11 is 0. The molecule has 2 aromatic heterocycles. The fraction of sp³-hybridized carbons (Fsp3) is 0.261. The Labute approximate surface area is 169 Å². The molecule has 0 aliphatic carbocycles. The second kappa shape index (κ2) is 7.20. The van der Waals surface area contributed by atoms with Crippen LogP contribution in [0.1, 0.15) is 41.0 Å². The summed E-state index contributed by atoms with van der Waals surface area (Å²) in [5.74, 6) is 1.03. The molecule has 0 radical (unpaired) electrons. The van der Waals surface area contributed by atoms with Crippen molar-refractivity contribution < 1.29 is 4.79 Å². The van der Waals surface area contributed by atoms with Crippen molar-refractivity contribution >= 4 is 22.6 Å². The fourth-order valence-corrected chi connectivity index (χ4v) is 3.95. The molecule has 0 bridgehead atoms. The number of imidazole rings is 1. The van der Waals surface area contributed by atoms with Gasteiger partial charge in [-0.2, -0.15) is 5.10 Å². The fourth-order valence-electron chi connectivity index (χ4n) is 3.95. The highest BCUT2D eigenvalue weighted by Crippen LogP contribution is 2.24. The largest absolute Gasteiger partial charge is 0.328 e. The van der Waals surface area contributed by atoms with Crippen LogP contribution < -0.4 is 5.32 Å². The van der Waals surface area contributed by atoms with Gasteiger partial charge in [0.25, 0.3) is 5.91 Å². The van der Waals surface area contributed by atoms with E-state index in [1.165, 1.54) is 19.3 Å². The summed E-state index contributed by atoms with van der Waals surface area (Å²) < 4.78 is 4.12. The van der Waals surface area contributed by atoms with E-state index in [1.54, 1.807) is 4.68 Å². The zero-order chi connectivity index (χ0) is 19.8. The topological polar surface area (TPSA) is 64.7 Å². The van der Waals surface area contributed by atoms with E-state index in [-0.39, 0.29) is 5.91 Å². The van der Waals surface area contributed by atoms with Crippen molar-refractivity contribution in [1.82, 2.24) is 19.3 Å². The molecular weight excluding hydrogens is 362 g/mol. The number of aryl methyl sites for hydroxylation is 3. The van der Waals surface area contributed by atoms with Gasteiger partial charge in [-0.15, -0.1) is 0 Å². The minimum absolute atomic E-state index is 0.131. The molecule has 0 saturated carbocycles. The number of hydrogen-bond donors (Lipinski definition) is 1. The van der Waals surface area contributed by atoms with Crippen molar-refractivity contribution in [3.8, 4) is 5.69 Å². The number of fused-ring (bicyclic) bond motifs is 3. The quantitative estimate of drug-likeness (QED) is 0.564. The first kappa shape index (κ1) is 17.7. The Morgan fingerprint density at radius 1 is 1.07 bits per heavy atom. The van der Waals surface area contributed by atoms with Gasteiger partial charge >= 0.3 is 0 Å². The molecule has 0 atom stereocenters. The second-order valence-electron chi connectivity index (χ2n) is 7.66. The van der Waals surface area contributed by atoms with Gasteiger partial charge in [-0.05, 0) is 67.8 Å². The van der Waals surface area contributed by atoms with E-state index in [1.807, 2.05) is 55.7 Å². The molecule has 2 aromatic carbocycles. The van der Waals surface area contributed by atoms with Gasteiger partial charge in [0.05, 0.1) is 22.9 Å². The molecule has 6 heteroatoms. The van der Waals surface area contributed by atoms with E-state index in [9.17, 15) is 4.79 Å². The van der Waals surface area contributed by atoms with Crippen LogP contribution in [0.25, 0.3) is 16.7 Å². The molecule has 6 nitrogen and oxygen atoms in total. The van der Waals surface area contributed by atoms with Crippen molar-refractivity contribution in [3.05, 3.63) is 71.8 Å². The molecule has 4 aromatic rings. The standard InChI is InChI=1S/C23H23N5O/c1-16-14-24-28(15-16)19-9-6-17(7-10-19)23(29)25-18-8-11-21-20(13-18)26-22-5-3-2-4-12-27(21)22/h6-11,13-15H,2-5,12H2,1H3,(H,25,29). The van der Waals surface area contributed by atoms with Crippen LogP contribution >= 0.6 is 0 Å². The molecule has 0 saturated heterocycles. The van der Waals surface area contributed by atoms with Gasteiger partial charge in [-0.1, -0.05) is 6.42 Å². The summed E-state index contributed by atoms with van der Waals surface area (Å²) in [6, 6.07) is 13.4. The number of amides is 1. The van der Waals surface area contributed by atoms with Crippen molar-refractivity contribution in [2.75, 3.05) is 5.32 Å². The lowest BCUT2D eigenvalue weighted by atomic mass is 10.2. The first-order valence-corrected chi connectivity index (χ1v) is 10.1. The van der Waals surface area contributed by atoms with Crippen molar-refractivity contribution in [1.29, 1.82) is 0 Å². The average molecular weight is 385 g/mol. The number of nitrogens with one attached hydrogen (secondary N) is 1. The molecule has 0 unspecified atom stereocenters. The lowest BCUT2D eigenvalue weighted by Gasteiger charge is -2.08. The van der Waals surface area contributed by atoms with E-state index in [0.717, 1.165) is 46.8 Å². The van der Waals surface area contributed by atoms with Crippen molar-refractivity contribution in [2.24, 2.45) is 0 Å². The maximum atomic E-state index is 12.7. The Morgan fingerprint density at radius 2 is 1.93 bits per heavy atom. The maximum absolute atomic E-state index is 12.7. The first-order chi connectivity index (χ1) is 14.2. The van der Waals surface area contributed by atoms with Gasteiger partial charge < -0.3 is 9.88 Å². The molecule has 1 aliphatic rings. The molecule has 0 fully saturated rings. The summed E-state index contributed by atoms with van der Waals surface area (Å²) in [4.78, 5) is 17.5. The van der Waals surface area contributed by atoms with Crippen LogP contribution in [-0.4, -0.2) is 25.2 Å². The smallest absolute Gasteiger partial charge is 0.255 e. The molecule has 5 rings (SSSR count). The van der Waals surface area contributed by atoms with E-state index < -0.39 is 0 Å². The third kappa shape index (κ3) is 3.42. The Morgan fingerprint density at radius 3 is 2.72 bits per heavy atom. The van der Waals surface area contributed by atoms with E-state index in [2.05, 4.69) is 21.0 Å². The Bertz CT molecular complexity index is 1190. The number of benzene rings is 2. The monoisotopic (exact) mass is 385 g/mol. The summed E-state index contributed by atoms with van der Waals surface area (Å²) in [6.45, 7) is 3.03. The zero-order valence-electron chi connectivity index (χ0n) is 16.4. The number of aromatic nitrogens is 4. The summed E-state index contributed by atoms with van der Waals surface area (Å²) in [6.07, 6.45) is 8.45. The molecule has 29 heavy (non-hydrogen) atoms. The maximum Gasteiger partial charge on any atom is 0.255 e. The molecule has 1 aliphatic heterocycles. The molecule has 1 amide bonds. The van der Waals surface area contributed by atoms with Gasteiger partial charge in [0.15, 0.2) is 0 Å². The van der Waals surface area contributed by atoms with E-state index in [0.29, 0.717) is 5.56 Å². The number of carbonyl (C=O) groups excluding carboxylic acids is 1. The SMILES string of the molecule is Cc1cnn(-c2ccc(C(=O)Nc3ccc4c(c3)nc3n4CCCCC3)cc2)c1. The van der Waals surface area contributed by atoms with Crippen LogP contribution in [0, 0.1) is 6.92 Å². The van der Waals surface area contributed by atoms with Crippen LogP contribution in [0.2, 0.25) is 0 Å². The highest BCUT2D eigenvalue weighted by Gasteiger charge is 2.14. The van der Waals surface area contributed by atoms with Gasteiger partial charge in [0.2, 0.25) is 0 Å². The van der Waals surface area contributed by atoms with Crippen LogP contribution in [0.4, 0.5) is 5.69 Å². The van der Waals surface area contributed by atoms with Gasteiger partial charge in [0.1, 0.15) is 5.82 Å². The number of nitrogens with zero attached hydrogens (tertiary/aromatic N) is 4. The van der Waals surface area contributed by atoms with Crippen molar-refractivity contribution in [2.45, 2.75) is 39.2 Å². The van der Waals surface area contributed by atoms with Crippen LogP contribution in [0.5, 0.6) is 0 Å². The second-order valence-corrected chi connectivity index (χ2v) is 7.66. The first-order valence-electron chi connectivity index (χ1n) is 10.1. The van der Waals surface area contributed by atoms with E-state index >= 15 is 0 Å². The normalized spacial score (nSPS) is 13.8. The molecule has 146 valence electrons. The number of carbonyl (C=O) groups is 1. The van der Waals surface area contributed by atoms with Crippen LogP contribution in [0.3, 0.4) is 0 Å². The van der Waals surface area contributed by atoms with Gasteiger partial charge in [-0.25, -0.2) is 9.67 Å². The van der Waals surface area contributed by atoms with Gasteiger partial charge in [-0.3, -0.25) is 4.79 Å². The minimum atomic E-state index is -0.131. The highest BCUT2D eigenvalue weighted by molar-refractivity contribution is 6.05. The lowest BCUT2D eigenvalue weighted by molar-refractivity contribution is 0.102. The lowest BCUT2D eigenvalue weighted by Crippen LogP contribution is -2.12. The number of hydrogen-bond acceptors (Lipinski definition) is 3. The van der Waals surface area contributed by atoms with Crippen LogP contribution in [-0.2, 0) is 13.0 Å². The van der Waals surface area contributed by atoms with Crippen molar-refractivity contribution in [3.63, 3.8) is 0 Å². The Hall–Kier alpha value is -3.41. The third-order valence-corrected chi connectivity index (χ3v) is 5.47. The van der Waals surface area contributed by atoms with Crippen LogP contribution in [0.15, 0.2) is 54.9 Å². The summed E-state index contributed by atoms with van der Waals surface area (Å²) in [5, 5.41) is 7.29. The number of anilines is 1. The predicted octanol–water partition coefficient (Wildman–Crippen LogP) is 4.51. The van der Waals surface area contributed by atoms with Gasteiger partial charge in [0, 0.05) is 30.4 Å². The zero-order valence-corrected chi connectivity index (χ0v) is 16.4. The number of rotatable bonds is 3. The predicted molar refractivity (Wildman–Crippen MR) is 114 cm³/mol. The Kier molecular flexibility index (Phi) is 4.39. The summed E-state index contributed by atoms with van der Waals surface area (Å²) in [5.41, 5.74) is 5.50. The molecular formula is C23H23N5O.